The lowest BCUT2D eigenvalue weighted by Gasteiger charge is -2.27. The van der Waals surface area contributed by atoms with Crippen LogP contribution in [0.2, 0.25) is 0 Å². The Kier molecular flexibility index (Phi) is 5.96. The minimum atomic E-state index is -0.997. The highest BCUT2D eigenvalue weighted by Crippen LogP contribution is 2.25. The minimum absolute atomic E-state index is 0.136. The Morgan fingerprint density at radius 1 is 0.968 bits per heavy atom. The highest BCUT2D eigenvalue weighted by molar-refractivity contribution is 6.21. The number of amides is 3. The number of hydroxylamine groups is 2. The SMILES string of the molecule is COc1cccc(N(CC(=O)ON2C(=O)c3ccccc3C2=O)C(=O)OC(C)(C)C)c1. The van der Waals surface area contributed by atoms with Gasteiger partial charge in [0.05, 0.1) is 23.9 Å². The summed E-state index contributed by atoms with van der Waals surface area (Å²) in [5.74, 6) is -2.04. The number of benzene rings is 2. The van der Waals surface area contributed by atoms with Gasteiger partial charge in [-0.05, 0) is 45.0 Å². The van der Waals surface area contributed by atoms with Crippen LogP contribution in [0.5, 0.6) is 5.75 Å². The molecular formula is C22H22N2O7. The number of ether oxygens (including phenoxy) is 2. The van der Waals surface area contributed by atoms with Gasteiger partial charge in [-0.25, -0.2) is 9.59 Å². The molecule has 1 aliphatic heterocycles. The summed E-state index contributed by atoms with van der Waals surface area (Å²) >= 11 is 0. The van der Waals surface area contributed by atoms with Gasteiger partial charge in [0, 0.05) is 6.07 Å². The molecule has 2 aromatic rings. The number of rotatable bonds is 5. The molecule has 31 heavy (non-hydrogen) atoms. The van der Waals surface area contributed by atoms with Crippen molar-refractivity contribution < 1.29 is 33.5 Å². The van der Waals surface area contributed by atoms with E-state index in [1.807, 2.05) is 0 Å². The van der Waals surface area contributed by atoms with E-state index < -0.39 is 36.0 Å². The van der Waals surface area contributed by atoms with Crippen molar-refractivity contribution in [2.24, 2.45) is 0 Å². The van der Waals surface area contributed by atoms with Crippen LogP contribution in [-0.4, -0.2) is 48.2 Å². The molecule has 0 saturated heterocycles. The van der Waals surface area contributed by atoms with Crippen LogP contribution in [0, 0.1) is 0 Å². The Morgan fingerprint density at radius 3 is 2.13 bits per heavy atom. The van der Waals surface area contributed by atoms with Crippen molar-refractivity contribution in [2.75, 3.05) is 18.6 Å². The van der Waals surface area contributed by atoms with Crippen LogP contribution in [0.15, 0.2) is 48.5 Å². The van der Waals surface area contributed by atoms with Crippen molar-refractivity contribution in [3.05, 3.63) is 59.7 Å². The monoisotopic (exact) mass is 426 g/mol. The molecule has 0 aliphatic carbocycles. The van der Waals surface area contributed by atoms with E-state index in [9.17, 15) is 19.2 Å². The third kappa shape index (κ3) is 4.82. The van der Waals surface area contributed by atoms with Gasteiger partial charge in [0.2, 0.25) is 0 Å². The van der Waals surface area contributed by atoms with Crippen molar-refractivity contribution in [1.29, 1.82) is 0 Å². The van der Waals surface area contributed by atoms with E-state index in [1.54, 1.807) is 57.2 Å². The first-order chi connectivity index (χ1) is 14.6. The maximum absolute atomic E-state index is 12.7. The molecule has 9 nitrogen and oxygen atoms in total. The van der Waals surface area contributed by atoms with Gasteiger partial charge in [-0.15, -0.1) is 0 Å². The fraction of sp³-hybridized carbons (Fsp3) is 0.273. The summed E-state index contributed by atoms with van der Waals surface area (Å²) in [4.78, 5) is 56.2. The quantitative estimate of drug-likeness (QED) is 0.677. The number of imide groups is 1. The van der Waals surface area contributed by atoms with E-state index in [1.165, 1.54) is 19.2 Å². The minimum Gasteiger partial charge on any atom is -0.497 e. The highest BCUT2D eigenvalue weighted by Gasteiger charge is 2.39. The van der Waals surface area contributed by atoms with Crippen LogP contribution in [-0.2, 0) is 14.4 Å². The Bertz CT molecular complexity index is 1010. The molecule has 1 heterocycles. The van der Waals surface area contributed by atoms with Crippen molar-refractivity contribution >= 4 is 29.6 Å². The first-order valence-electron chi connectivity index (χ1n) is 9.44. The van der Waals surface area contributed by atoms with Gasteiger partial charge in [0.15, 0.2) is 0 Å². The number of methoxy groups -OCH3 is 1. The number of anilines is 1. The Labute approximate surface area is 179 Å². The molecular weight excluding hydrogens is 404 g/mol. The fourth-order valence-corrected chi connectivity index (χ4v) is 2.87. The lowest BCUT2D eigenvalue weighted by molar-refractivity contribution is -0.166. The summed E-state index contributed by atoms with van der Waals surface area (Å²) in [6, 6.07) is 12.6. The van der Waals surface area contributed by atoms with Crippen LogP contribution in [0.25, 0.3) is 0 Å². The topological polar surface area (TPSA) is 102 Å². The van der Waals surface area contributed by atoms with Crippen molar-refractivity contribution in [1.82, 2.24) is 5.06 Å². The average Bonchev–Trinajstić information content (AvgIpc) is 2.96. The van der Waals surface area contributed by atoms with Crippen LogP contribution in [0.3, 0.4) is 0 Å². The molecule has 0 spiro atoms. The third-order valence-electron chi connectivity index (χ3n) is 4.22. The maximum Gasteiger partial charge on any atom is 0.415 e. The Hall–Kier alpha value is -3.88. The van der Waals surface area contributed by atoms with Gasteiger partial charge in [-0.3, -0.25) is 14.5 Å². The van der Waals surface area contributed by atoms with E-state index in [-0.39, 0.29) is 11.1 Å². The first kappa shape index (κ1) is 21.8. The third-order valence-corrected chi connectivity index (χ3v) is 4.22. The fourth-order valence-electron chi connectivity index (χ4n) is 2.87. The summed E-state index contributed by atoms with van der Waals surface area (Å²) in [7, 11) is 1.47. The number of carbonyl (C=O) groups excluding carboxylic acids is 4. The second kappa shape index (κ2) is 8.47. The molecule has 2 aromatic carbocycles. The van der Waals surface area contributed by atoms with Crippen molar-refractivity contribution in [2.45, 2.75) is 26.4 Å². The molecule has 0 atom stereocenters. The second-order valence-corrected chi connectivity index (χ2v) is 7.68. The Balaban J connectivity index is 1.81. The van der Waals surface area contributed by atoms with Crippen LogP contribution < -0.4 is 9.64 Å². The number of hydrogen-bond donors (Lipinski definition) is 0. The van der Waals surface area contributed by atoms with Gasteiger partial charge in [-0.2, -0.15) is 0 Å². The van der Waals surface area contributed by atoms with Gasteiger partial charge in [-0.1, -0.05) is 23.3 Å². The van der Waals surface area contributed by atoms with Crippen LogP contribution in [0.1, 0.15) is 41.5 Å². The smallest absolute Gasteiger partial charge is 0.415 e. The summed E-state index contributed by atoms with van der Waals surface area (Å²) in [5, 5.41) is 0.395. The van der Waals surface area contributed by atoms with E-state index in [0.717, 1.165) is 4.90 Å². The van der Waals surface area contributed by atoms with Crippen LogP contribution in [0.4, 0.5) is 10.5 Å². The van der Waals surface area contributed by atoms with Gasteiger partial charge in [0.1, 0.15) is 17.9 Å². The van der Waals surface area contributed by atoms with Gasteiger partial charge < -0.3 is 14.3 Å². The zero-order valence-corrected chi connectivity index (χ0v) is 17.6. The maximum atomic E-state index is 12.7. The van der Waals surface area contributed by atoms with Crippen molar-refractivity contribution in [3.8, 4) is 5.75 Å². The molecule has 3 rings (SSSR count). The zero-order chi connectivity index (χ0) is 22.8. The van der Waals surface area contributed by atoms with E-state index in [4.69, 9.17) is 14.3 Å². The first-order valence-corrected chi connectivity index (χ1v) is 9.44. The number of carbonyl (C=O) groups is 4. The Morgan fingerprint density at radius 2 is 1.58 bits per heavy atom. The summed E-state index contributed by atoms with van der Waals surface area (Å²) in [6.07, 6.45) is -0.805. The average molecular weight is 426 g/mol. The normalized spacial score (nSPS) is 13.0. The molecule has 0 N–H and O–H groups in total. The van der Waals surface area contributed by atoms with E-state index >= 15 is 0 Å². The standard InChI is InChI=1S/C22H22N2O7/c1-22(2,3)30-21(28)23(14-8-7-9-15(12-14)29-4)13-18(25)31-24-19(26)16-10-5-6-11-17(16)20(24)27/h5-12H,13H2,1-4H3. The molecule has 0 fully saturated rings. The lowest BCUT2D eigenvalue weighted by Crippen LogP contribution is -2.43. The molecule has 0 bridgehead atoms. The van der Waals surface area contributed by atoms with E-state index in [0.29, 0.717) is 16.5 Å². The number of hydrogen-bond acceptors (Lipinski definition) is 7. The summed E-state index contributed by atoms with van der Waals surface area (Å²) < 4.78 is 10.6. The predicted octanol–water partition coefficient (Wildman–Crippen LogP) is 3.19. The molecule has 0 unspecified atom stereocenters. The summed E-state index contributed by atoms with van der Waals surface area (Å²) in [5.41, 5.74) is -0.234. The summed E-state index contributed by atoms with van der Waals surface area (Å²) in [6.45, 7) is 4.46. The molecule has 162 valence electrons. The number of fused-ring (bicyclic) bond motifs is 1. The molecule has 0 saturated carbocycles. The molecule has 0 aromatic heterocycles. The van der Waals surface area contributed by atoms with Crippen LogP contribution >= 0.6 is 0 Å². The second-order valence-electron chi connectivity index (χ2n) is 7.68. The predicted molar refractivity (Wildman–Crippen MR) is 110 cm³/mol. The zero-order valence-electron chi connectivity index (χ0n) is 17.6. The molecule has 0 radical (unpaired) electrons. The molecule has 3 amide bonds. The highest BCUT2D eigenvalue weighted by atomic mass is 16.7. The van der Waals surface area contributed by atoms with Crippen molar-refractivity contribution in [3.63, 3.8) is 0 Å². The van der Waals surface area contributed by atoms with Gasteiger partial charge >= 0.3 is 12.1 Å². The number of nitrogens with zero attached hydrogens (tertiary/aromatic N) is 2. The largest absolute Gasteiger partial charge is 0.497 e. The lowest BCUT2D eigenvalue weighted by atomic mass is 10.1. The van der Waals surface area contributed by atoms with E-state index in [2.05, 4.69) is 0 Å². The molecule has 9 heteroatoms. The molecule has 1 aliphatic rings. The van der Waals surface area contributed by atoms with Gasteiger partial charge in [0.25, 0.3) is 11.8 Å².